The summed E-state index contributed by atoms with van der Waals surface area (Å²) < 4.78 is 0. The van der Waals surface area contributed by atoms with Crippen LogP contribution >= 0.6 is 0 Å². The second kappa shape index (κ2) is 6.72. The Bertz CT molecular complexity index is 435. The summed E-state index contributed by atoms with van der Waals surface area (Å²) in [5, 5.41) is 8.55. The first-order valence-electron chi connectivity index (χ1n) is 6.13. The predicted octanol–water partition coefficient (Wildman–Crippen LogP) is -0.0842. The molecule has 1 atom stereocenters. The van der Waals surface area contributed by atoms with Crippen LogP contribution in [0.4, 0.5) is 17.8 Å². The standard InChI is InChI=1S/C11H21N7O/c1-6-13-8(19)7(2)14-10-15-9(12-3)16-11(17-10)18(4)5/h7H,6H2,1-5H3,(H,13,19)(H2,12,14,15,16,17). The van der Waals surface area contributed by atoms with Crippen molar-refractivity contribution in [1.82, 2.24) is 20.3 Å². The number of likely N-dealkylation sites (N-methyl/N-ethyl adjacent to an activating group) is 1. The van der Waals surface area contributed by atoms with E-state index < -0.39 is 6.04 Å². The number of carbonyl (C=O) groups is 1. The van der Waals surface area contributed by atoms with E-state index in [1.54, 1.807) is 18.9 Å². The third kappa shape index (κ3) is 4.23. The molecule has 1 rings (SSSR count). The number of rotatable bonds is 6. The highest BCUT2D eigenvalue weighted by Gasteiger charge is 2.14. The minimum absolute atomic E-state index is 0.0969. The second-order valence-electron chi connectivity index (χ2n) is 4.19. The van der Waals surface area contributed by atoms with Crippen LogP contribution in [-0.4, -0.2) is 54.6 Å². The van der Waals surface area contributed by atoms with Gasteiger partial charge >= 0.3 is 0 Å². The predicted molar refractivity (Wildman–Crippen MR) is 75.5 cm³/mol. The number of carbonyl (C=O) groups excluding carboxylic acids is 1. The first kappa shape index (κ1) is 14.9. The highest BCUT2D eigenvalue weighted by atomic mass is 16.2. The Kier molecular flexibility index (Phi) is 5.28. The summed E-state index contributed by atoms with van der Waals surface area (Å²) >= 11 is 0. The van der Waals surface area contributed by atoms with Crippen molar-refractivity contribution < 1.29 is 4.79 Å². The van der Waals surface area contributed by atoms with Gasteiger partial charge in [-0.1, -0.05) is 0 Å². The van der Waals surface area contributed by atoms with E-state index in [0.29, 0.717) is 24.4 Å². The van der Waals surface area contributed by atoms with Crippen LogP contribution in [0.3, 0.4) is 0 Å². The molecule has 0 aliphatic carbocycles. The van der Waals surface area contributed by atoms with E-state index in [4.69, 9.17) is 0 Å². The Hall–Kier alpha value is -2.12. The van der Waals surface area contributed by atoms with E-state index in [1.807, 2.05) is 21.0 Å². The monoisotopic (exact) mass is 267 g/mol. The largest absolute Gasteiger partial charge is 0.357 e. The first-order valence-corrected chi connectivity index (χ1v) is 6.13. The molecular weight excluding hydrogens is 246 g/mol. The summed E-state index contributed by atoms with van der Waals surface area (Å²) in [4.78, 5) is 26.0. The molecule has 8 heteroatoms. The van der Waals surface area contributed by atoms with Gasteiger partial charge in [0.25, 0.3) is 0 Å². The molecule has 1 heterocycles. The van der Waals surface area contributed by atoms with Gasteiger partial charge in [-0.15, -0.1) is 0 Å². The summed E-state index contributed by atoms with van der Waals surface area (Å²) in [6.45, 7) is 4.22. The van der Waals surface area contributed by atoms with Crippen molar-refractivity contribution in [3.63, 3.8) is 0 Å². The van der Waals surface area contributed by atoms with E-state index in [1.165, 1.54) is 0 Å². The van der Waals surface area contributed by atoms with Crippen molar-refractivity contribution in [1.29, 1.82) is 0 Å². The Morgan fingerprint density at radius 2 is 1.89 bits per heavy atom. The van der Waals surface area contributed by atoms with Gasteiger partial charge in [0.1, 0.15) is 6.04 Å². The molecule has 1 unspecified atom stereocenters. The summed E-state index contributed by atoms with van der Waals surface area (Å²) in [5.74, 6) is 1.23. The normalized spacial score (nSPS) is 11.6. The van der Waals surface area contributed by atoms with Gasteiger partial charge in [-0.25, -0.2) is 0 Å². The minimum Gasteiger partial charge on any atom is -0.357 e. The zero-order valence-electron chi connectivity index (χ0n) is 12.0. The highest BCUT2D eigenvalue weighted by molar-refractivity contribution is 5.83. The smallest absolute Gasteiger partial charge is 0.242 e. The Balaban J connectivity index is 2.88. The van der Waals surface area contributed by atoms with Crippen molar-refractivity contribution in [3.8, 4) is 0 Å². The maximum atomic E-state index is 11.6. The minimum atomic E-state index is -0.415. The number of nitrogens with one attached hydrogen (secondary N) is 3. The average Bonchev–Trinajstić information content (AvgIpc) is 2.38. The van der Waals surface area contributed by atoms with Crippen LogP contribution in [0.25, 0.3) is 0 Å². The number of aromatic nitrogens is 3. The van der Waals surface area contributed by atoms with Crippen LogP contribution in [0.15, 0.2) is 0 Å². The fourth-order valence-electron chi connectivity index (χ4n) is 1.33. The molecule has 106 valence electrons. The lowest BCUT2D eigenvalue weighted by atomic mass is 10.3. The molecule has 0 saturated heterocycles. The molecule has 1 aromatic rings. The molecule has 0 radical (unpaired) electrons. The van der Waals surface area contributed by atoms with Crippen LogP contribution in [0.2, 0.25) is 0 Å². The Morgan fingerprint density at radius 1 is 1.26 bits per heavy atom. The van der Waals surface area contributed by atoms with Crippen molar-refractivity contribution in [2.24, 2.45) is 0 Å². The highest BCUT2D eigenvalue weighted by Crippen LogP contribution is 2.11. The Labute approximate surface area is 113 Å². The molecule has 1 amide bonds. The third-order valence-corrected chi connectivity index (χ3v) is 2.34. The fourth-order valence-corrected chi connectivity index (χ4v) is 1.33. The van der Waals surface area contributed by atoms with Crippen LogP contribution in [-0.2, 0) is 4.79 Å². The zero-order valence-corrected chi connectivity index (χ0v) is 12.0. The first-order chi connectivity index (χ1) is 8.97. The van der Waals surface area contributed by atoms with Crippen molar-refractivity contribution in [2.45, 2.75) is 19.9 Å². The summed E-state index contributed by atoms with van der Waals surface area (Å²) in [6, 6.07) is -0.415. The quantitative estimate of drug-likeness (QED) is 0.663. The summed E-state index contributed by atoms with van der Waals surface area (Å²) in [5.41, 5.74) is 0. The van der Waals surface area contributed by atoms with E-state index in [2.05, 4.69) is 30.9 Å². The van der Waals surface area contributed by atoms with Gasteiger partial charge in [-0.05, 0) is 13.8 Å². The molecule has 8 nitrogen and oxygen atoms in total. The molecule has 0 spiro atoms. The molecule has 0 fully saturated rings. The number of anilines is 3. The summed E-state index contributed by atoms with van der Waals surface area (Å²) in [6.07, 6.45) is 0. The van der Waals surface area contributed by atoms with Crippen molar-refractivity contribution in [3.05, 3.63) is 0 Å². The average molecular weight is 267 g/mol. The molecule has 0 bridgehead atoms. The molecule has 19 heavy (non-hydrogen) atoms. The molecule has 3 N–H and O–H groups in total. The van der Waals surface area contributed by atoms with Gasteiger partial charge in [-0.2, -0.15) is 15.0 Å². The maximum absolute atomic E-state index is 11.6. The van der Waals surface area contributed by atoms with E-state index >= 15 is 0 Å². The molecule has 0 aromatic carbocycles. The van der Waals surface area contributed by atoms with Crippen molar-refractivity contribution >= 4 is 23.8 Å². The number of hydrogen-bond acceptors (Lipinski definition) is 7. The van der Waals surface area contributed by atoms with Crippen LogP contribution < -0.4 is 20.9 Å². The molecule has 0 saturated carbocycles. The van der Waals surface area contributed by atoms with Gasteiger partial charge in [0.2, 0.25) is 23.8 Å². The van der Waals surface area contributed by atoms with Gasteiger partial charge in [0, 0.05) is 27.7 Å². The van der Waals surface area contributed by atoms with Gasteiger partial charge < -0.3 is 20.9 Å². The lowest BCUT2D eigenvalue weighted by molar-refractivity contribution is -0.121. The van der Waals surface area contributed by atoms with Gasteiger partial charge in [0.15, 0.2) is 0 Å². The van der Waals surface area contributed by atoms with Gasteiger partial charge in [0.05, 0.1) is 0 Å². The van der Waals surface area contributed by atoms with E-state index in [0.717, 1.165) is 0 Å². The molecule has 1 aromatic heterocycles. The topological polar surface area (TPSA) is 95.1 Å². The van der Waals surface area contributed by atoms with Crippen LogP contribution in [0.5, 0.6) is 0 Å². The fraction of sp³-hybridized carbons (Fsp3) is 0.636. The van der Waals surface area contributed by atoms with Crippen molar-refractivity contribution in [2.75, 3.05) is 43.2 Å². The Morgan fingerprint density at radius 3 is 2.42 bits per heavy atom. The zero-order chi connectivity index (χ0) is 14.4. The number of nitrogens with zero attached hydrogens (tertiary/aromatic N) is 4. The number of amides is 1. The molecular formula is C11H21N7O. The number of hydrogen-bond donors (Lipinski definition) is 3. The van der Waals surface area contributed by atoms with E-state index in [-0.39, 0.29) is 5.91 Å². The maximum Gasteiger partial charge on any atom is 0.242 e. The van der Waals surface area contributed by atoms with Gasteiger partial charge in [-0.3, -0.25) is 4.79 Å². The van der Waals surface area contributed by atoms with Crippen LogP contribution in [0.1, 0.15) is 13.8 Å². The van der Waals surface area contributed by atoms with E-state index in [9.17, 15) is 4.79 Å². The SMILES string of the molecule is CCNC(=O)C(C)Nc1nc(NC)nc(N(C)C)n1. The lowest BCUT2D eigenvalue weighted by Gasteiger charge is -2.16. The molecule has 0 aliphatic rings. The molecule has 0 aliphatic heterocycles. The third-order valence-electron chi connectivity index (χ3n) is 2.34. The van der Waals surface area contributed by atoms with Crippen LogP contribution in [0, 0.1) is 0 Å². The summed E-state index contributed by atoms with van der Waals surface area (Å²) in [7, 11) is 5.41. The lowest BCUT2D eigenvalue weighted by Crippen LogP contribution is -2.38. The second-order valence-corrected chi connectivity index (χ2v) is 4.19.